The summed E-state index contributed by atoms with van der Waals surface area (Å²) in [6.45, 7) is 1.89. The number of thiazole rings is 1. The van der Waals surface area contributed by atoms with Crippen LogP contribution in [0.1, 0.15) is 16.3 Å². The first-order chi connectivity index (χ1) is 17.1. The van der Waals surface area contributed by atoms with Crippen molar-refractivity contribution in [3.63, 3.8) is 0 Å². The Morgan fingerprint density at radius 3 is 2.53 bits per heavy atom. The lowest BCUT2D eigenvalue weighted by Crippen LogP contribution is -2.39. The molecule has 0 aliphatic heterocycles. The number of nitrogen functional groups attached to an aromatic ring is 1. The van der Waals surface area contributed by atoms with Crippen LogP contribution in [0.5, 0.6) is 0 Å². The van der Waals surface area contributed by atoms with Gasteiger partial charge in [-0.05, 0) is 66.2 Å². The van der Waals surface area contributed by atoms with Gasteiger partial charge >= 0.3 is 0 Å². The highest BCUT2D eigenvalue weighted by molar-refractivity contribution is 7.89. The zero-order chi connectivity index (χ0) is 25.9. The number of rotatable bonds is 10. The van der Waals surface area contributed by atoms with Gasteiger partial charge in [-0.15, -0.1) is 11.3 Å². The molecule has 4 rings (SSSR count). The molecule has 0 amide bonds. The van der Waals surface area contributed by atoms with Crippen LogP contribution >= 0.6 is 22.9 Å². The Morgan fingerprint density at radius 2 is 1.86 bits per heavy atom. The van der Waals surface area contributed by atoms with E-state index in [1.165, 1.54) is 15.6 Å². The number of amidine groups is 1. The van der Waals surface area contributed by atoms with Crippen LogP contribution in [-0.4, -0.2) is 47.8 Å². The topological polar surface area (TPSA) is 132 Å². The average molecular weight is 544 g/mol. The molecule has 1 unspecified atom stereocenters. The third kappa shape index (κ3) is 6.21. The molecule has 1 atom stereocenters. The summed E-state index contributed by atoms with van der Waals surface area (Å²) >= 11 is 7.50. The van der Waals surface area contributed by atoms with Crippen molar-refractivity contribution >= 4 is 55.3 Å². The minimum Gasteiger partial charge on any atom is -0.390 e. The lowest BCUT2D eigenvalue weighted by atomic mass is 10.1. The summed E-state index contributed by atoms with van der Waals surface area (Å²) in [5.74, 6) is -0.0310. The summed E-state index contributed by atoms with van der Waals surface area (Å²) < 4.78 is 28.6. The van der Waals surface area contributed by atoms with E-state index in [1.54, 1.807) is 60.7 Å². The van der Waals surface area contributed by atoms with Crippen molar-refractivity contribution in [2.45, 2.75) is 24.5 Å². The fourth-order valence-corrected chi connectivity index (χ4v) is 5.99. The van der Waals surface area contributed by atoms with E-state index >= 15 is 0 Å². The second kappa shape index (κ2) is 10.9. The number of aryl methyl sites for hydroxylation is 1. The zero-order valence-corrected chi connectivity index (χ0v) is 21.9. The van der Waals surface area contributed by atoms with E-state index in [1.807, 2.05) is 12.3 Å². The fraction of sp³-hybridized carbons (Fsp3) is 0.200. The Labute approximate surface area is 218 Å². The number of nitrogens with zero attached hydrogens (tertiary/aromatic N) is 2. The summed E-state index contributed by atoms with van der Waals surface area (Å²) in [5.41, 5.74) is 7.41. The number of anilines is 1. The Hall–Kier alpha value is -3.02. The molecule has 0 bridgehead atoms. The van der Waals surface area contributed by atoms with Crippen molar-refractivity contribution in [2.75, 3.05) is 18.4 Å². The fourth-order valence-electron chi connectivity index (χ4n) is 3.72. The molecule has 188 valence electrons. The van der Waals surface area contributed by atoms with E-state index < -0.39 is 16.1 Å². The molecule has 11 heteroatoms. The molecule has 3 aromatic carbocycles. The van der Waals surface area contributed by atoms with Crippen LogP contribution in [0.25, 0.3) is 10.8 Å². The lowest BCUT2D eigenvalue weighted by molar-refractivity contribution is 0.154. The number of aliphatic hydroxyl groups excluding tert-OH is 1. The summed E-state index contributed by atoms with van der Waals surface area (Å²) in [5, 5.41) is 26.2. The molecule has 1 heterocycles. The van der Waals surface area contributed by atoms with Gasteiger partial charge in [-0.3, -0.25) is 5.41 Å². The van der Waals surface area contributed by atoms with Crippen molar-refractivity contribution in [1.82, 2.24) is 9.29 Å². The molecule has 5 N–H and O–H groups in total. The van der Waals surface area contributed by atoms with E-state index in [0.29, 0.717) is 16.3 Å². The Morgan fingerprint density at radius 1 is 1.17 bits per heavy atom. The molecule has 0 aliphatic carbocycles. The van der Waals surface area contributed by atoms with Crippen molar-refractivity contribution in [1.29, 1.82) is 5.41 Å². The van der Waals surface area contributed by atoms with Crippen molar-refractivity contribution in [3.05, 3.63) is 87.3 Å². The van der Waals surface area contributed by atoms with Crippen LogP contribution < -0.4 is 11.1 Å². The van der Waals surface area contributed by atoms with Crippen LogP contribution in [0.2, 0.25) is 5.02 Å². The molecule has 0 saturated heterocycles. The summed E-state index contributed by atoms with van der Waals surface area (Å²) in [6, 6.07) is 17.1. The van der Waals surface area contributed by atoms with Crippen molar-refractivity contribution in [2.24, 2.45) is 5.73 Å². The Kier molecular flexibility index (Phi) is 7.91. The van der Waals surface area contributed by atoms with Gasteiger partial charge in [0.2, 0.25) is 10.0 Å². The summed E-state index contributed by atoms with van der Waals surface area (Å²) in [4.78, 5) is 4.54. The number of halogens is 1. The van der Waals surface area contributed by atoms with E-state index in [4.69, 9.17) is 22.7 Å². The number of hydrogen-bond donors (Lipinski definition) is 4. The monoisotopic (exact) mass is 543 g/mol. The predicted molar refractivity (Wildman–Crippen MR) is 145 cm³/mol. The molecule has 0 aliphatic rings. The number of aliphatic hydroxyl groups is 1. The van der Waals surface area contributed by atoms with Gasteiger partial charge in [0.05, 0.1) is 28.2 Å². The molecule has 36 heavy (non-hydrogen) atoms. The van der Waals surface area contributed by atoms with Crippen LogP contribution in [0.3, 0.4) is 0 Å². The quantitative estimate of drug-likeness (QED) is 0.175. The van der Waals surface area contributed by atoms with E-state index in [0.717, 1.165) is 21.5 Å². The summed E-state index contributed by atoms with van der Waals surface area (Å²) in [6.07, 6.45) is -0.994. The van der Waals surface area contributed by atoms with E-state index in [9.17, 15) is 13.5 Å². The second-order valence-corrected chi connectivity index (χ2v) is 11.8. The maximum atomic E-state index is 13.7. The van der Waals surface area contributed by atoms with Gasteiger partial charge in [0.15, 0.2) is 0 Å². The molecular formula is C25H26ClN5O3S2. The Bertz CT molecular complexity index is 1490. The first kappa shape index (κ1) is 26.1. The largest absolute Gasteiger partial charge is 0.390 e. The normalized spacial score (nSPS) is 12.7. The van der Waals surface area contributed by atoms with Gasteiger partial charge in [-0.2, -0.15) is 4.31 Å². The SMILES string of the molecule is Cc1nc(CN(CC(O)CNc2ccc(C(=N)N)cc2)S(=O)(=O)c2ccc3cc(Cl)ccc3c2)cs1. The van der Waals surface area contributed by atoms with E-state index in [2.05, 4.69) is 10.3 Å². The third-order valence-corrected chi connectivity index (χ3v) is 8.43. The first-order valence-corrected chi connectivity index (χ1v) is 13.8. The molecular weight excluding hydrogens is 518 g/mol. The number of fused-ring (bicyclic) bond motifs is 1. The number of benzene rings is 3. The van der Waals surface area contributed by atoms with Gasteiger partial charge in [-0.25, -0.2) is 13.4 Å². The zero-order valence-electron chi connectivity index (χ0n) is 19.5. The highest BCUT2D eigenvalue weighted by Gasteiger charge is 2.28. The van der Waals surface area contributed by atoms with Gasteiger partial charge in [0.1, 0.15) is 5.84 Å². The highest BCUT2D eigenvalue weighted by atomic mass is 35.5. The van der Waals surface area contributed by atoms with Gasteiger partial charge in [0, 0.05) is 34.7 Å². The standard InChI is InChI=1S/C25H26ClN5O3S2/c1-16-30-22(15-35-16)13-31(14-23(32)12-29-21-7-3-17(4-8-21)25(27)28)36(33,34)24-9-5-18-10-20(26)6-2-19(18)11-24/h2-11,15,23,29,32H,12-14H2,1H3,(H3,27,28). The third-order valence-electron chi connectivity index (χ3n) is 5.57. The minimum absolute atomic E-state index is 0.0310. The lowest BCUT2D eigenvalue weighted by Gasteiger charge is -2.25. The maximum Gasteiger partial charge on any atom is 0.243 e. The number of nitrogens with one attached hydrogen (secondary N) is 2. The predicted octanol–water partition coefficient (Wildman–Crippen LogP) is 4.21. The number of sulfonamides is 1. The number of aromatic nitrogens is 1. The first-order valence-electron chi connectivity index (χ1n) is 11.1. The molecule has 4 aromatic rings. The average Bonchev–Trinajstić information content (AvgIpc) is 3.26. The minimum atomic E-state index is -3.95. The van der Waals surface area contributed by atoms with Gasteiger partial charge < -0.3 is 16.2 Å². The molecule has 0 saturated carbocycles. The van der Waals surface area contributed by atoms with Crippen LogP contribution in [0.4, 0.5) is 5.69 Å². The van der Waals surface area contributed by atoms with Crippen LogP contribution in [0.15, 0.2) is 70.9 Å². The second-order valence-electron chi connectivity index (χ2n) is 8.33. The molecule has 0 radical (unpaired) electrons. The smallest absolute Gasteiger partial charge is 0.243 e. The van der Waals surface area contributed by atoms with Crippen LogP contribution in [0, 0.1) is 12.3 Å². The van der Waals surface area contributed by atoms with Crippen molar-refractivity contribution < 1.29 is 13.5 Å². The number of hydrogen-bond acceptors (Lipinski definition) is 7. The van der Waals surface area contributed by atoms with Gasteiger partial charge in [-0.1, -0.05) is 23.7 Å². The maximum absolute atomic E-state index is 13.7. The molecule has 1 aromatic heterocycles. The Balaban J connectivity index is 1.55. The molecule has 0 spiro atoms. The molecule has 0 fully saturated rings. The van der Waals surface area contributed by atoms with Crippen LogP contribution in [-0.2, 0) is 16.6 Å². The van der Waals surface area contributed by atoms with Gasteiger partial charge in [0.25, 0.3) is 0 Å². The highest BCUT2D eigenvalue weighted by Crippen LogP contribution is 2.26. The number of nitrogens with two attached hydrogens (primary N) is 1. The van der Waals surface area contributed by atoms with E-state index in [-0.39, 0.29) is 30.4 Å². The van der Waals surface area contributed by atoms with Crippen molar-refractivity contribution in [3.8, 4) is 0 Å². The molecule has 8 nitrogen and oxygen atoms in total. The summed E-state index contributed by atoms with van der Waals surface area (Å²) in [7, 11) is -3.95.